The molecule has 0 bridgehead atoms. The van der Waals surface area contributed by atoms with Crippen molar-refractivity contribution in [1.82, 2.24) is 0 Å². The largest absolute Gasteiger partial charge is 0.495 e. The van der Waals surface area contributed by atoms with Gasteiger partial charge >= 0.3 is 0 Å². The van der Waals surface area contributed by atoms with E-state index in [9.17, 15) is 0 Å². The van der Waals surface area contributed by atoms with Crippen LogP contribution in [0.4, 0.5) is 11.4 Å². The SMILES string of the molecule is CC.COc1c(Cl)cccc1CN=C1Nc2ccccc2NC12CCCCC2. The zero-order valence-electron chi connectivity index (χ0n) is 17.0. The molecule has 1 aliphatic carbocycles. The third-order valence-corrected chi connectivity index (χ3v) is 5.67. The van der Waals surface area contributed by atoms with Crippen LogP contribution in [0.5, 0.6) is 5.75 Å². The highest BCUT2D eigenvalue weighted by Crippen LogP contribution is 2.39. The number of ether oxygens (including phenoxy) is 1. The van der Waals surface area contributed by atoms with Crippen LogP contribution >= 0.6 is 11.6 Å². The van der Waals surface area contributed by atoms with Crippen molar-refractivity contribution in [3.63, 3.8) is 0 Å². The quantitative estimate of drug-likeness (QED) is 0.617. The first kappa shape index (κ1) is 20.5. The molecule has 4 rings (SSSR count). The van der Waals surface area contributed by atoms with E-state index in [1.165, 1.54) is 19.3 Å². The standard InChI is InChI=1S/C21H24ClN3O.C2H6/c1-26-19-15(8-7-9-16(19)22)14-23-20-21(12-5-2-6-13-21)25-18-11-4-3-10-17(18)24-20;1-2/h3-4,7-11,25H,2,5-6,12-14H2,1H3,(H,23,24);1-2H3. The maximum atomic E-state index is 6.26. The highest BCUT2D eigenvalue weighted by molar-refractivity contribution is 6.32. The second kappa shape index (κ2) is 9.33. The number of rotatable bonds is 3. The highest BCUT2D eigenvalue weighted by atomic mass is 35.5. The molecule has 1 aliphatic heterocycles. The summed E-state index contributed by atoms with van der Waals surface area (Å²) in [5.74, 6) is 1.73. The van der Waals surface area contributed by atoms with E-state index in [0.29, 0.717) is 17.3 Å². The smallest absolute Gasteiger partial charge is 0.142 e. The van der Waals surface area contributed by atoms with Crippen molar-refractivity contribution < 1.29 is 4.74 Å². The number of fused-ring (bicyclic) bond motifs is 1. The minimum Gasteiger partial charge on any atom is -0.495 e. The third-order valence-electron chi connectivity index (χ3n) is 5.37. The molecule has 0 radical (unpaired) electrons. The fourth-order valence-corrected chi connectivity index (χ4v) is 4.32. The van der Waals surface area contributed by atoms with Gasteiger partial charge in [0.05, 0.1) is 35.6 Å². The summed E-state index contributed by atoms with van der Waals surface area (Å²) < 4.78 is 5.47. The summed E-state index contributed by atoms with van der Waals surface area (Å²) in [5.41, 5.74) is 3.15. The second-order valence-corrected chi connectivity index (χ2v) is 7.44. The molecule has 4 nitrogen and oxygen atoms in total. The fourth-order valence-electron chi connectivity index (χ4n) is 4.04. The molecule has 0 unspecified atom stereocenters. The Morgan fingerprint density at radius 1 is 1.00 bits per heavy atom. The van der Waals surface area contributed by atoms with E-state index < -0.39 is 0 Å². The number of benzene rings is 2. The number of aliphatic imine (C=N–C) groups is 1. The van der Waals surface area contributed by atoms with Crippen molar-refractivity contribution in [3.8, 4) is 5.75 Å². The summed E-state index contributed by atoms with van der Waals surface area (Å²) >= 11 is 6.26. The molecule has 150 valence electrons. The molecule has 2 N–H and O–H groups in total. The van der Waals surface area contributed by atoms with Crippen LogP contribution in [-0.2, 0) is 6.54 Å². The maximum absolute atomic E-state index is 6.26. The molecule has 28 heavy (non-hydrogen) atoms. The Bertz CT molecular complexity index is 828. The van der Waals surface area contributed by atoms with Gasteiger partial charge in [0.15, 0.2) is 0 Å². The molecular weight excluding hydrogens is 370 g/mol. The normalized spacial score (nSPS) is 18.4. The first-order valence-electron chi connectivity index (χ1n) is 10.2. The Hall–Kier alpha value is -2.20. The number of nitrogens with one attached hydrogen (secondary N) is 2. The van der Waals surface area contributed by atoms with Crippen molar-refractivity contribution in [2.24, 2.45) is 4.99 Å². The van der Waals surface area contributed by atoms with Crippen LogP contribution < -0.4 is 15.4 Å². The van der Waals surface area contributed by atoms with Gasteiger partial charge in [0.1, 0.15) is 11.6 Å². The molecule has 1 fully saturated rings. The Labute approximate surface area is 173 Å². The number of nitrogens with zero attached hydrogens (tertiary/aromatic N) is 1. The molecule has 1 spiro atoms. The topological polar surface area (TPSA) is 45.6 Å². The fraction of sp³-hybridized carbons (Fsp3) is 0.435. The van der Waals surface area contributed by atoms with E-state index in [4.69, 9.17) is 21.3 Å². The lowest BCUT2D eigenvalue weighted by atomic mass is 9.79. The van der Waals surface area contributed by atoms with Crippen LogP contribution in [0, 0.1) is 0 Å². The van der Waals surface area contributed by atoms with Gasteiger partial charge in [-0.1, -0.05) is 69.0 Å². The summed E-state index contributed by atoms with van der Waals surface area (Å²) in [6.45, 7) is 4.54. The summed E-state index contributed by atoms with van der Waals surface area (Å²) in [6.07, 6.45) is 5.92. The Morgan fingerprint density at radius 2 is 1.71 bits per heavy atom. The lowest BCUT2D eigenvalue weighted by Crippen LogP contribution is -2.53. The first-order chi connectivity index (χ1) is 13.7. The molecule has 5 heteroatoms. The predicted molar refractivity (Wildman–Crippen MR) is 120 cm³/mol. The van der Waals surface area contributed by atoms with Crippen molar-refractivity contribution >= 4 is 28.8 Å². The van der Waals surface area contributed by atoms with E-state index in [-0.39, 0.29) is 5.54 Å². The zero-order valence-corrected chi connectivity index (χ0v) is 17.8. The number of amidine groups is 1. The van der Waals surface area contributed by atoms with E-state index in [0.717, 1.165) is 35.6 Å². The van der Waals surface area contributed by atoms with E-state index >= 15 is 0 Å². The zero-order chi connectivity index (χ0) is 20.0. The number of hydrogen-bond acceptors (Lipinski definition) is 3. The van der Waals surface area contributed by atoms with Gasteiger partial charge in [-0.2, -0.15) is 0 Å². The van der Waals surface area contributed by atoms with Crippen molar-refractivity contribution in [2.75, 3.05) is 17.7 Å². The van der Waals surface area contributed by atoms with Gasteiger partial charge in [-0.25, -0.2) is 0 Å². The van der Waals surface area contributed by atoms with Crippen molar-refractivity contribution in [3.05, 3.63) is 53.1 Å². The minimum absolute atomic E-state index is 0.0988. The van der Waals surface area contributed by atoms with Gasteiger partial charge < -0.3 is 15.4 Å². The Morgan fingerprint density at radius 3 is 2.43 bits per heavy atom. The molecule has 0 saturated heterocycles. The molecule has 1 heterocycles. The van der Waals surface area contributed by atoms with E-state index in [1.807, 2.05) is 38.1 Å². The summed E-state index contributed by atoms with van der Waals surface area (Å²) in [6, 6.07) is 14.2. The summed E-state index contributed by atoms with van der Waals surface area (Å²) in [4.78, 5) is 4.98. The van der Waals surface area contributed by atoms with E-state index in [2.05, 4.69) is 28.8 Å². The van der Waals surface area contributed by atoms with Crippen LogP contribution in [0.15, 0.2) is 47.5 Å². The van der Waals surface area contributed by atoms with Gasteiger partial charge in [-0.15, -0.1) is 0 Å². The maximum Gasteiger partial charge on any atom is 0.142 e. The molecule has 1 saturated carbocycles. The van der Waals surface area contributed by atoms with E-state index in [1.54, 1.807) is 7.11 Å². The van der Waals surface area contributed by atoms with Crippen LogP contribution in [0.1, 0.15) is 51.5 Å². The van der Waals surface area contributed by atoms with Crippen LogP contribution in [-0.4, -0.2) is 18.5 Å². The number of hydrogen-bond donors (Lipinski definition) is 2. The molecule has 2 aromatic rings. The summed E-state index contributed by atoms with van der Waals surface area (Å²) in [5, 5.41) is 8.00. The van der Waals surface area contributed by atoms with Gasteiger partial charge in [0, 0.05) is 5.56 Å². The number of para-hydroxylation sites is 3. The molecule has 2 aromatic carbocycles. The van der Waals surface area contributed by atoms with Crippen LogP contribution in [0.25, 0.3) is 0 Å². The van der Waals surface area contributed by atoms with Crippen LogP contribution in [0.2, 0.25) is 5.02 Å². The molecule has 0 amide bonds. The molecule has 2 aliphatic rings. The first-order valence-corrected chi connectivity index (χ1v) is 10.6. The number of halogens is 1. The molecule has 0 atom stereocenters. The Kier molecular flexibility index (Phi) is 6.84. The second-order valence-electron chi connectivity index (χ2n) is 7.04. The summed E-state index contributed by atoms with van der Waals surface area (Å²) in [7, 11) is 1.65. The minimum atomic E-state index is -0.0988. The van der Waals surface area contributed by atoms with Gasteiger partial charge in [0.25, 0.3) is 0 Å². The lowest BCUT2D eigenvalue weighted by Gasteiger charge is -2.44. The molecule has 0 aromatic heterocycles. The van der Waals surface area contributed by atoms with Crippen molar-refractivity contribution in [1.29, 1.82) is 0 Å². The Balaban J connectivity index is 0.00000109. The predicted octanol–water partition coefficient (Wildman–Crippen LogP) is 6.51. The van der Waals surface area contributed by atoms with Gasteiger partial charge in [0.2, 0.25) is 0 Å². The van der Waals surface area contributed by atoms with Crippen LogP contribution in [0.3, 0.4) is 0 Å². The van der Waals surface area contributed by atoms with Crippen molar-refractivity contribution in [2.45, 2.75) is 58.0 Å². The number of methoxy groups -OCH3 is 1. The van der Waals surface area contributed by atoms with Gasteiger partial charge in [-0.05, 0) is 31.0 Å². The average molecular weight is 400 g/mol. The number of anilines is 2. The van der Waals surface area contributed by atoms with Gasteiger partial charge in [-0.3, -0.25) is 4.99 Å². The lowest BCUT2D eigenvalue weighted by molar-refractivity contribution is 0.401. The third kappa shape index (κ3) is 4.12. The average Bonchev–Trinajstić information content (AvgIpc) is 2.74. The molecular formula is C23H30ClN3O. The highest BCUT2D eigenvalue weighted by Gasteiger charge is 2.40. The monoisotopic (exact) mass is 399 g/mol.